The number of rotatable bonds is 13. The first-order valence-corrected chi connectivity index (χ1v) is 11.1. The van der Waals surface area contributed by atoms with Gasteiger partial charge in [0.2, 0.25) is 0 Å². The number of benzene rings is 1. The Hall–Kier alpha value is -0.680. The predicted molar refractivity (Wildman–Crippen MR) is 113 cm³/mol. The number of aromatic nitrogens is 2. The molecule has 3 nitrogen and oxygen atoms in total. The van der Waals surface area contributed by atoms with Crippen LogP contribution < -0.4 is 0 Å². The highest BCUT2D eigenvalue weighted by molar-refractivity contribution is 7.99. The quantitative estimate of drug-likeness (QED) is 0.351. The fraction of sp³-hybridized carbons (Fsp3) is 0.550. The van der Waals surface area contributed by atoms with E-state index in [1.54, 1.807) is 6.07 Å². The van der Waals surface area contributed by atoms with Gasteiger partial charge in [0, 0.05) is 46.6 Å². The summed E-state index contributed by atoms with van der Waals surface area (Å²) >= 11 is 14.1. The van der Waals surface area contributed by atoms with Gasteiger partial charge in [-0.15, -0.1) is 11.8 Å². The highest BCUT2D eigenvalue weighted by atomic mass is 35.5. The Balaban J connectivity index is 1.79. The van der Waals surface area contributed by atoms with E-state index in [9.17, 15) is 0 Å². The second-order valence-corrected chi connectivity index (χ2v) is 8.55. The maximum Gasteiger partial charge on any atom is 0.0946 e. The van der Waals surface area contributed by atoms with Gasteiger partial charge in [0.1, 0.15) is 0 Å². The van der Waals surface area contributed by atoms with Gasteiger partial charge in [-0.25, -0.2) is 4.98 Å². The molecule has 0 spiro atoms. The second kappa shape index (κ2) is 12.7. The molecule has 0 radical (unpaired) electrons. The fourth-order valence-electron chi connectivity index (χ4n) is 2.65. The summed E-state index contributed by atoms with van der Waals surface area (Å²) in [4.78, 5) is 4.13. The molecule has 1 atom stereocenters. The van der Waals surface area contributed by atoms with Crippen molar-refractivity contribution >= 4 is 35.0 Å². The van der Waals surface area contributed by atoms with Crippen molar-refractivity contribution in [2.24, 2.45) is 0 Å². The molecule has 2 rings (SSSR count). The van der Waals surface area contributed by atoms with Gasteiger partial charge in [0.15, 0.2) is 0 Å². The summed E-state index contributed by atoms with van der Waals surface area (Å²) in [6.07, 6.45) is 12.0. The molecule has 1 aromatic heterocycles. The van der Waals surface area contributed by atoms with Gasteiger partial charge in [-0.3, -0.25) is 0 Å². The zero-order valence-corrected chi connectivity index (χ0v) is 17.7. The van der Waals surface area contributed by atoms with Crippen molar-refractivity contribution < 1.29 is 4.74 Å². The van der Waals surface area contributed by atoms with Crippen molar-refractivity contribution in [3.63, 3.8) is 0 Å². The van der Waals surface area contributed by atoms with Crippen molar-refractivity contribution in [2.45, 2.75) is 56.6 Å². The lowest BCUT2D eigenvalue weighted by atomic mass is 10.2. The summed E-state index contributed by atoms with van der Waals surface area (Å²) in [6, 6.07) is 5.69. The Morgan fingerprint density at radius 1 is 1.19 bits per heavy atom. The van der Waals surface area contributed by atoms with Crippen LogP contribution in [0.5, 0.6) is 0 Å². The smallest absolute Gasteiger partial charge is 0.0946 e. The Morgan fingerprint density at radius 3 is 2.77 bits per heavy atom. The Bertz CT molecular complexity index is 622. The summed E-state index contributed by atoms with van der Waals surface area (Å²) in [5.74, 6) is 0.842. The Labute approximate surface area is 171 Å². The van der Waals surface area contributed by atoms with E-state index in [0.29, 0.717) is 10.3 Å². The van der Waals surface area contributed by atoms with Crippen molar-refractivity contribution in [2.75, 3.05) is 13.2 Å². The maximum absolute atomic E-state index is 6.30. The summed E-state index contributed by atoms with van der Waals surface area (Å²) in [5, 5.41) is 1.75. The molecular formula is C20H28Cl2N2OS. The molecule has 144 valence electrons. The Kier molecular flexibility index (Phi) is 10.5. The predicted octanol–water partition coefficient (Wildman–Crippen LogP) is 6.48. The number of thioether (sulfide) groups is 1. The van der Waals surface area contributed by atoms with E-state index in [1.807, 2.05) is 42.6 Å². The third-order valence-electron chi connectivity index (χ3n) is 4.16. The van der Waals surface area contributed by atoms with Crippen LogP contribution in [0.3, 0.4) is 0 Å². The SMILES string of the molecule is CCCCCCCOCC(Cn1ccnc1)SCc1ccc(Cl)cc1Cl. The number of nitrogens with zero attached hydrogens (tertiary/aromatic N) is 2. The molecule has 1 aromatic carbocycles. The first-order chi connectivity index (χ1) is 12.7. The number of hydrogen-bond donors (Lipinski definition) is 0. The van der Waals surface area contributed by atoms with Crippen LogP contribution in [0, 0.1) is 0 Å². The molecule has 1 unspecified atom stereocenters. The lowest BCUT2D eigenvalue weighted by Crippen LogP contribution is -2.19. The molecule has 0 bridgehead atoms. The number of ether oxygens (including phenoxy) is 1. The normalized spacial score (nSPS) is 12.4. The highest BCUT2D eigenvalue weighted by Crippen LogP contribution is 2.27. The van der Waals surface area contributed by atoms with E-state index < -0.39 is 0 Å². The minimum Gasteiger partial charge on any atom is -0.380 e. The average molecular weight is 415 g/mol. The minimum absolute atomic E-state index is 0.353. The average Bonchev–Trinajstić information content (AvgIpc) is 3.13. The van der Waals surface area contributed by atoms with Crippen LogP contribution in [0.15, 0.2) is 36.9 Å². The van der Waals surface area contributed by atoms with Crippen LogP contribution in [-0.4, -0.2) is 28.0 Å². The first kappa shape index (κ1) is 21.6. The number of halogens is 2. The van der Waals surface area contributed by atoms with Gasteiger partial charge < -0.3 is 9.30 Å². The maximum atomic E-state index is 6.30. The second-order valence-electron chi connectivity index (χ2n) is 6.42. The molecule has 0 aliphatic carbocycles. The van der Waals surface area contributed by atoms with Crippen LogP contribution >= 0.6 is 35.0 Å². The zero-order chi connectivity index (χ0) is 18.6. The molecule has 0 aliphatic heterocycles. The fourth-order valence-corrected chi connectivity index (χ4v) is 4.34. The molecule has 0 aliphatic rings. The number of unbranched alkanes of at least 4 members (excludes halogenated alkanes) is 4. The lowest BCUT2D eigenvalue weighted by molar-refractivity contribution is 0.128. The van der Waals surface area contributed by atoms with Crippen LogP contribution in [0.4, 0.5) is 0 Å². The van der Waals surface area contributed by atoms with Crippen molar-refractivity contribution in [3.05, 3.63) is 52.5 Å². The molecule has 2 aromatic rings. The van der Waals surface area contributed by atoms with Crippen molar-refractivity contribution in [1.29, 1.82) is 0 Å². The largest absolute Gasteiger partial charge is 0.380 e. The van der Waals surface area contributed by atoms with Gasteiger partial charge in [0.05, 0.1) is 12.9 Å². The molecular weight excluding hydrogens is 387 g/mol. The zero-order valence-electron chi connectivity index (χ0n) is 15.4. The number of hydrogen-bond acceptors (Lipinski definition) is 3. The topological polar surface area (TPSA) is 27.1 Å². The Morgan fingerprint density at radius 2 is 2.04 bits per heavy atom. The van der Waals surface area contributed by atoms with Crippen LogP contribution in [0.2, 0.25) is 10.0 Å². The van der Waals surface area contributed by atoms with Gasteiger partial charge >= 0.3 is 0 Å². The van der Waals surface area contributed by atoms with E-state index in [0.717, 1.165) is 42.5 Å². The van der Waals surface area contributed by atoms with Crippen LogP contribution in [0.1, 0.15) is 44.6 Å². The molecule has 26 heavy (non-hydrogen) atoms. The summed E-state index contributed by atoms with van der Waals surface area (Å²) in [6.45, 7) is 4.70. The summed E-state index contributed by atoms with van der Waals surface area (Å²) in [7, 11) is 0. The van der Waals surface area contributed by atoms with Crippen molar-refractivity contribution in [3.8, 4) is 0 Å². The molecule has 0 saturated heterocycles. The molecule has 6 heteroatoms. The van der Waals surface area contributed by atoms with Gasteiger partial charge in [-0.2, -0.15) is 0 Å². The minimum atomic E-state index is 0.353. The van der Waals surface area contributed by atoms with Crippen LogP contribution in [-0.2, 0) is 17.0 Å². The van der Waals surface area contributed by atoms with E-state index >= 15 is 0 Å². The molecule has 0 fully saturated rings. The van der Waals surface area contributed by atoms with E-state index in [1.165, 1.54) is 25.7 Å². The standard InChI is InChI=1S/C20H28Cl2N2OS/c1-2-3-4-5-6-11-25-14-19(13-24-10-9-23-16-24)26-15-17-7-8-18(21)12-20(17)22/h7-10,12,16,19H,2-6,11,13-15H2,1H3. The summed E-state index contributed by atoms with van der Waals surface area (Å²) in [5.41, 5.74) is 1.11. The van der Waals surface area contributed by atoms with E-state index in [4.69, 9.17) is 27.9 Å². The third-order valence-corrected chi connectivity index (χ3v) is 5.98. The molecule has 0 amide bonds. The molecule has 0 saturated carbocycles. The number of imidazole rings is 1. The van der Waals surface area contributed by atoms with Crippen molar-refractivity contribution in [1.82, 2.24) is 9.55 Å². The van der Waals surface area contributed by atoms with Gasteiger partial charge in [0.25, 0.3) is 0 Å². The monoisotopic (exact) mass is 414 g/mol. The van der Waals surface area contributed by atoms with Crippen LogP contribution in [0.25, 0.3) is 0 Å². The summed E-state index contributed by atoms with van der Waals surface area (Å²) < 4.78 is 8.06. The van der Waals surface area contributed by atoms with E-state index in [2.05, 4.69) is 16.5 Å². The molecule has 0 N–H and O–H groups in total. The third kappa shape index (κ3) is 8.34. The molecule has 1 heterocycles. The van der Waals surface area contributed by atoms with Gasteiger partial charge in [-0.1, -0.05) is 61.9 Å². The van der Waals surface area contributed by atoms with Gasteiger partial charge in [-0.05, 0) is 24.1 Å². The lowest BCUT2D eigenvalue weighted by Gasteiger charge is -2.18. The van der Waals surface area contributed by atoms with E-state index in [-0.39, 0.29) is 0 Å². The highest BCUT2D eigenvalue weighted by Gasteiger charge is 2.12. The first-order valence-electron chi connectivity index (χ1n) is 9.28.